The van der Waals surface area contributed by atoms with Crippen molar-refractivity contribution in [2.75, 3.05) is 0 Å². The van der Waals surface area contributed by atoms with Gasteiger partial charge in [0.15, 0.2) is 0 Å². The fourth-order valence-corrected chi connectivity index (χ4v) is 2.68. The van der Waals surface area contributed by atoms with Gasteiger partial charge >= 0.3 is 5.97 Å². The Balaban J connectivity index is 2.52. The SMILES string of the molecule is O=C(O)[C@@H](Br)[C@@H](Br)c1cccc2ccccc12. The van der Waals surface area contributed by atoms with Crippen LogP contribution in [-0.2, 0) is 4.79 Å². The number of aliphatic carboxylic acids is 1. The van der Waals surface area contributed by atoms with Crippen LogP contribution in [0.15, 0.2) is 42.5 Å². The minimum absolute atomic E-state index is 0.258. The van der Waals surface area contributed by atoms with Gasteiger partial charge in [0.25, 0.3) is 0 Å². The number of hydrogen-bond acceptors (Lipinski definition) is 1. The lowest BCUT2D eigenvalue weighted by atomic mass is 10.0. The van der Waals surface area contributed by atoms with Crippen molar-refractivity contribution in [1.82, 2.24) is 0 Å². The summed E-state index contributed by atoms with van der Waals surface area (Å²) in [4.78, 5) is 10.1. The summed E-state index contributed by atoms with van der Waals surface area (Å²) in [5.41, 5.74) is 0.979. The molecule has 0 amide bonds. The third-order valence-electron chi connectivity index (χ3n) is 2.61. The van der Waals surface area contributed by atoms with Crippen molar-refractivity contribution in [3.8, 4) is 0 Å². The summed E-state index contributed by atoms with van der Waals surface area (Å²) in [5, 5.41) is 11.2. The zero-order valence-electron chi connectivity index (χ0n) is 8.81. The number of rotatable bonds is 3. The molecule has 0 saturated heterocycles. The summed E-state index contributed by atoms with van der Waals surface area (Å²) in [7, 11) is 0. The van der Waals surface area contributed by atoms with Crippen LogP contribution in [0.3, 0.4) is 0 Å². The van der Waals surface area contributed by atoms with Crippen molar-refractivity contribution in [3.63, 3.8) is 0 Å². The van der Waals surface area contributed by atoms with E-state index in [4.69, 9.17) is 5.11 Å². The minimum Gasteiger partial charge on any atom is -0.480 e. The number of fused-ring (bicyclic) bond motifs is 1. The normalized spacial score (nSPS) is 14.5. The Morgan fingerprint density at radius 1 is 1.06 bits per heavy atom. The molecule has 2 aromatic carbocycles. The first-order valence-corrected chi connectivity index (χ1v) is 6.93. The summed E-state index contributed by atoms with van der Waals surface area (Å²) in [6.07, 6.45) is 0. The monoisotopic (exact) mass is 356 g/mol. The highest BCUT2D eigenvalue weighted by Gasteiger charge is 2.25. The maximum Gasteiger partial charge on any atom is 0.318 e. The fraction of sp³-hybridized carbons (Fsp3) is 0.154. The van der Waals surface area contributed by atoms with Gasteiger partial charge in [-0.1, -0.05) is 74.3 Å². The van der Waals surface area contributed by atoms with E-state index in [2.05, 4.69) is 31.9 Å². The number of halogens is 2. The fourth-order valence-electron chi connectivity index (χ4n) is 1.77. The molecule has 2 nitrogen and oxygen atoms in total. The second kappa shape index (κ2) is 5.19. The molecule has 2 rings (SSSR count). The Bertz CT molecular complexity index is 549. The number of hydrogen-bond donors (Lipinski definition) is 1. The van der Waals surface area contributed by atoms with Crippen LogP contribution in [-0.4, -0.2) is 15.9 Å². The van der Waals surface area contributed by atoms with E-state index in [1.54, 1.807) is 0 Å². The van der Waals surface area contributed by atoms with Gasteiger partial charge in [0, 0.05) is 0 Å². The predicted molar refractivity (Wildman–Crippen MR) is 76.0 cm³/mol. The molecule has 2 atom stereocenters. The zero-order chi connectivity index (χ0) is 12.4. The first-order valence-electron chi connectivity index (χ1n) is 5.10. The second-order valence-corrected chi connectivity index (χ2v) is 5.68. The number of carbonyl (C=O) groups is 1. The van der Waals surface area contributed by atoms with Crippen LogP contribution in [0.4, 0.5) is 0 Å². The molecular weight excluding hydrogens is 348 g/mol. The molecule has 0 spiro atoms. The van der Waals surface area contributed by atoms with Crippen LogP contribution in [0.1, 0.15) is 10.4 Å². The van der Waals surface area contributed by atoms with Gasteiger partial charge < -0.3 is 5.11 Å². The highest BCUT2D eigenvalue weighted by atomic mass is 79.9. The van der Waals surface area contributed by atoms with E-state index in [0.717, 1.165) is 16.3 Å². The molecule has 0 aliphatic heterocycles. The first-order chi connectivity index (χ1) is 8.11. The topological polar surface area (TPSA) is 37.3 Å². The average Bonchev–Trinajstić information content (AvgIpc) is 2.36. The van der Waals surface area contributed by atoms with Gasteiger partial charge in [-0.05, 0) is 16.3 Å². The highest BCUT2D eigenvalue weighted by molar-refractivity contribution is 9.12. The maximum absolute atomic E-state index is 11.0. The molecule has 4 heteroatoms. The van der Waals surface area contributed by atoms with Crippen LogP contribution < -0.4 is 0 Å². The number of benzene rings is 2. The Kier molecular flexibility index (Phi) is 3.84. The smallest absolute Gasteiger partial charge is 0.318 e. The summed E-state index contributed by atoms with van der Waals surface area (Å²) < 4.78 is 0. The van der Waals surface area contributed by atoms with E-state index in [1.807, 2.05) is 42.5 Å². The van der Waals surface area contributed by atoms with E-state index in [-0.39, 0.29) is 4.83 Å². The lowest BCUT2D eigenvalue weighted by molar-refractivity contribution is -0.136. The largest absolute Gasteiger partial charge is 0.480 e. The van der Waals surface area contributed by atoms with E-state index in [1.165, 1.54) is 0 Å². The van der Waals surface area contributed by atoms with Gasteiger partial charge in [0.1, 0.15) is 4.83 Å². The molecule has 0 unspecified atom stereocenters. The lowest BCUT2D eigenvalue weighted by Crippen LogP contribution is -2.18. The van der Waals surface area contributed by atoms with Crippen LogP contribution in [0, 0.1) is 0 Å². The van der Waals surface area contributed by atoms with Crippen molar-refractivity contribution in [2.45, 2.75) is 9.65 Å². The van der Waals surface area contributed by atoms with E-state index in [9.17, 15) is 4.79 Å². The summed E-state index contributed by atoms with van der Waals surface area (Å²) in [6, 6.07) is 13.8. The number of carboxylic acid groups (broad SMARTS) is 1. The number of alkyl halides is 2. The third-order valence-corrected chi connectivity index (χ3v) is 5.26. The number of carboxylic acids is 1. The van der Waals surface area contributed by atoms with Crippen molar-refractivity contribution in [3.05, 3.63) is 48.0 Å². The first kappa shape index (κ1) is 12.6. The molecule has 0 aliphatic carbocycles. The summed E-state index contributed by atoms with van der Waals surface area (Å²) in [6.45, 7) is 0. The molecule has 88 valence electrons. The van der Waals surface area contributed by atoms with Gasteiger partial charge in [-0.15, -0.1) is 0 Å². The van der Waals surface area contributed by atoms with Crippen molar-refractivity contribution in [2.24, 2.45) is 0 Å². The molecule has 2 aromatic rings. The molecule has 0 aliphatic rings. The summed E-state index contributed by atoms with van der Waals surface area (Å²) >= 11 is 6.63. The molecule has 0 heterocycles. The van der Waals surface area contributed by atoms with Crippen LogP contribution >= 0.6 is 31.9 Å². The van der Waals surface area contributed by atoms with Crippen LogP contribution in [0.5, 0.6) is 0 Å². The zero-order valence-corrected chi connectivity index (χ0v) is 12.0. The Morgan fingerprint density at radius 2 is 1.71 bits per heavy atom. The second-order valence-electron chi connectivity index (χ2n) is 3.71. The Morgan fingerprint density at radius 3 is 2.41 bits per heavy atom. The van der Waals surface area contributed by atoms with Gasteiger partial charge in [0.05, 0.1) is 4.83 Å². The van der Waals surface area contributed by atoms with Gasteiger partial charge in [-0.25, -0.2) is 0 Å². The molecule has 17 heavy (non-hydrogen) atoms. The molecule has 0 saturated carbocycles. The van der Waals surface area contributed by atoms with Gasteiger partial charge in [-0.2, -0.15) is 0 Å². The highest BCUT2D eigenvalue weighted by Crippen LogP contribution is 2.35. The molecule has 0 bridgehead atoms. The molecule has 1 N–H and O–H groups in total. The average molecular weight is 358 g/mol. The molecular formula is C13H10Br2O2. The van der Waals surface area contributed by atoms with Gasteiger partial charge in [-0.3, -0.25) is 4.79 Å². The van der Waals surface area contributed by atoms with Crippen molar-refractivity contribution < 1.29 is 9.90 Å². The third kappa shape index (κ3) is 2.53. The summed E-state index contributed by atoms with van der Waals surface area (Å²) in [5.74, 6) is -0.875. The van der Waals surface area contributed by atoms with Crippen LogP contribution in [0.2, 0.25) is 0 Å². The molecule has 0 radical (unpaired) electrons. The standard InChI is InChI=1S/C13H10Br2O2/c14-11(12(15)13(16)17)10-7-3-5-8-4-1-2-6-9(8)10/h1-7,11-12H,(H,16,17)/t11-,12-/m0/s1. The molecule has 0 aromatic heterocycles. The quantitative estimate of drug-likeness (QED) is 0.839. The van der Waals surface area contributed by atoms with E-state index in [0.29, 0.717) is 0 Å². The Hall–Kier alpha value is -0.870. The predicted octanol–water partition coefficient (Wildman–Crippen LogP) is 4.12. The van der Waals surface area contributed by atoms with Crippen LogP contribution in [0.25, 0.3) is 10.8 Å². The minimum atomic E-state index is -0.875. The van der Waals surface area contributed by atoms with Crippen molar-refractivity contribution >= 4 is 48.6 Å². The Labute approximate surface area is 116 Å². The van der Waals surface area contributed by atoms with E-state index < -0.39 is 10.8 Å². The van der Waals surface area contributed by atoms with E-state index >= 15 is 0 Å². The maximum atomic E-state index is 11.0. The lowest BCUT2D eigenvalue weighted by Gasteiger charge is -2.15. The molecule has 0 fully saturated rings. The van der Waals surface area contributed by atoms with Crippen molar-refractivity contribution in [1.29, 1.82) is 0 Å². The van der Waals surface area contributed by atoms with Gasteiger partial charge in [0.2, 0.25) is 0 Å².